The summed E-state index contributed by atoms with van der Waals surface area (Å²) in [5.41, 5.74) is 0. The van der Waals surface area contributed by atoms with E-state index in [1.807, 2.05) is 0 Å². The van der Waals surface area contributed by atoms with Crippen LogP contribution in [0.5, 0.6) is 0 Å². The number of carbonyl (C=O) groups is 2. The largest absolute Gasteiger partial charge is 0.462 e. The topological polar surface area (TPSA) is 61.8 Å². The molecule has 5 nitrogen and oxygen atoms in total. The van der Waals surface area contributed by atoms with Gasteiger partial charge in [-0.05, 0) is 6.42 Å². The zero-order valence-corrected chi connectivity index (χ0v) is 17.2. The molecule has 0 spiro atoms. The minimum absolute atomic E-state index is 0.0490. The molecule has 0 radical (unpaired) electrons. The Labute approximate surface area is 160 Å². The molecule has 0 aromatic heterocycles. The first-order valence-electron chi connectivity index (χ1n) is 10.4. The lowest BCUT2D eigenvalue weighted by Crippen LogP contribution is -2.28. The Hall–Kier alpha value is -1.10. The standard InChI is InChI=1S/C21H40O5/c1-4-5-6-7-8-9-10-11-12-13-14-15-16-24-17-21(26-20(3)23)18-25-19(2)22/h21H,4-18H2,1-3H3. The summed E-state index contributed by atoms with van der Waals surface area (Å²) in [6.07, 6.45) is 15.2. The molecule has 0 N–H and O–H groups in total. The number of hydrogen-bond donors (Lipinski definition) is 0. The van der Waals surface area contributed by atoms with Gasteiger partial charge in [-0.25, -0.2) is 0 Å². The number of esters is 2. The fourth-order valence-corrected chi connectivity index (χ4v) is 2.82. The van der Waals surface area contributed by atoms with Crippen molar-refractivity contribution in [2.24, 2.45) is 0 Å². The highest BCUT2D eigenvalue weighted by molar-refractivity contribution is 5.67. The molecule has 0 saturated heterocycles. The lowest BCUT2D eigenvalue weighted by atomic mass is 10.1. The quantitative estimate of drug-likeness (QED) is 0.244. The van der Waals surface area contributed by atoms with Crippen molar-refractivity contribution in [3.05, 3.63) is 0 Å². The number of ether oxygens (including phenoxy) is 3. The van der Waals surface area contributed by atoms with E-state index in [2.05, 4.69) is 6.92 Å². The Morgan fingerprint density at radius 3 is 1.65 bits per heavy atom. The van der Waals surface area contributed by atoms with Crippen LogP contribution >= 0.6 is 0 Å². The van der Waals surface area contributed by atoms with Crippen molar-refractivity contribution >= 4 is 11.9 Å². The molecule has 5 heteroatoms. The van der Waals surface area contributed by atoms with Crippen molar-refractivity contribution in [2.75, 3.05) is 19.8 Å². The molecule has 0 aliphatic carbocycles. The molecule has 0 bridgehead atoms. The third kappa shape index (κ3) is 19.2. The molecule has 0 aromatic carbocycles. The fraction of sp³-hybridized carbons (Fsp3) is 0.905. The predicted molar refractivity (Wildman–Crippen MR) is 104 cm³/mol. The average molecular weight is 373 g/mol. The third-order valence-corrected chi connectivity index (χ3v) is 4.25. The van der Waals surface area contributed by atoms with Crippen LogP contribution in [0, 0.1) is 0 Å². The number of rotatable bonds is 18. The van der Waals surface area contributed by atoms with Gasteiger partial charge in [-0.1, -0.05) is 77.6 Å². The number of unbranched alkanes of at least 4 members (excludes halogenated alkanes) is 11. The van der Waals surface area contributed by atoms with Crippen molar-refractivity contribution in [1.82, 2.24) is 0 Å². The van der Waals surface area contributed by atoms with E-state index in [0.717, 1.165) is 6.42 Å². The van der Waals surface area contributed by atoms with Crippen molar-refractivity contribution in [2.45, 2.75) is 104 Å². The van der Waals surface area contributed by atoms with Crippen LogP contribution in [0.15, 0.2) is 0 Å². The van der Waals surface area contributed by atoms with E-state index < -0.39 is 12.1 Å². The maximum atomic E-state index is 11.0. The van der Waals surface area contributed by atoms with Crippen LogP contribution in [0.25, 0.3) is 0 Å². The van der Waals surface area contributed by atoms with E-state index in [1.165, 1.54) is 84.5 Å². The Kier molecular flexibility index (Phi) is 17.9. The van der Waals surface area contributed by atoms with Gasteiger partial charge in [0.2, 0.25) is 0 Å². The summed E-state index contributed by atoms with van der Waals surface area (Å²) in [6.45, 7) is 5.89. The van der Waals surface area contributed by atoms with E-state index >= 15 is 0 Å². The molecule has 0 rings (SSSR count). The molecule has 0 aromatic rings. The first-order valence-corrected chi connectivity index (χ1v) is 10.4. The first kappa shape index (κ1) is 24.9. The Bertz CT molecular complexity index is 343. The highest BCUT2D eigenvalue weighted by atomic mass is 16.6. The first-order chi connectivity index (χ1) is 12.6. The zero-order chi connectivity index (χ0) is 19.5. The Balaban J connectivity index is 3.41. The maximum absolute atomic E-state index is 11.0. The van der Waals surface area contributed by atoms with E-state index in [4.69, 9.17) is 14.2 Å². The van der Waals surface area contributed by atoms with E-state index in [1.54, 1.807) is 0 Å². The van der Waals surface area contributed by atoms with Gasteiger partial charge in [0, 0.05) is 20.5 Å². The predicted octanol–water partition coefficient (Wildman–Crippen LogP) is 5.20. The summed E-state index contributed by atoms with van der Waals surface area (Å²) in [5.74, 6) is -0.778. The van der Waals surface area contributed by atoms with Crippen LogP contribution in [-0.2, 0) is 23.8 Å². The summed E-state index contributed by atoms with van der Waals surface area (Å²) >= 11 is 0. The van der Waals surface area contributed by atoms with E-state index in [-0.39, 0.29) is 19.2 Å². The van der Waals surface area contributed by atoms with E-state index in [0.29, 0.717) is 6.61 Å². The lowest BCUT2D eigenvalue weighted by molar-refractivity contribution is -0.159. The summed E-state index contributed by atoms with van der Waals surface area (Å²) in [5, 5.41) is 0. The van der Waals surface area contributed by atoms with Crippen molar-refractivity contribution < 1.29 is 23.8 Å². The molecule has 1 unspecified atom stereocenters. The second-order valence-corrected chi connectivity index (χ2v) is 7.00. The summed E-state index contributed by atoms with van der Waals surface area (Å²) in [4.78, 5) is 21.9. The molecule has 1 atom stereocenters. The van der Waals surface area contributed by atoms with Crippen molar-refractivity contribution in [3.63, 3.8) is 0 Å². The summed E-state index contributed by atoms with van der Waals surface area (Å²) in [6, 6.07) is 0. The second kappa shape index (κ2) is 18.7. The van der Waals surface area contributed by atoms with Crippen molar-refractivity contribution in [1.29, 1.82) is 0 Å². The van der Waals surface area contributed by atoms with Crippen LogP contribution in [0.4, 0.5) is 0 Å². The third-order valence-electron chi connectivity index (χ3n) is 4.25. The zero-order valence-electron chi connectivity index (χ0n) is 17.2. The van der Waals surface area contributed by atoms with Gasteiger partial charge < -0.3 is 14.2 Å². The molecule has 0 heterocycles. The molecule has 154 valence electrons. The molecule has 0 aliphatic rings. The van der Waals surface area contributed by atoms with Crippen LogP contribution in [0.3, 0.4) is 0 Å². The molecule has 0 amide bonds. The van der Waals surface area contributed by atoms with Crippen LogP contribution in [0.2, 0.25) is 0 Å². The normalized spacial score (nSPS) is 12.0. The molecular formula is C21H40O5. The highest BCUT2D eigenvalue weighted by Gasteiger charge is 2.14. The molecule has 0 fully saturated rings. The molecule has 0 aliphatic heterocycles. The van der Waals surface area contributed by atoms with Gasteiger partial charge in [0.1, 0.15) is 6.61 Å². The van der Waals surface area contributed by atoms with Gasteiger partial charge in [0.25, 0.3) is 0 Å². The van der Waals surface area contributed by atoms with Gasteiger partial charge in [-0.15, -0.1) is 0 Å². The minimum atomic E-state index is -0.520. The lowest BCUT2D eigenvalue weighted by Gasteiger charge is -2.16. The van der Waals surface area contributed by atoms with E-state index in [9.17, 15) is 9.59 Å². The van der Waals surface area contributed by atoms with Gasteiger partial charge in [0.05, 0.1) is 6.61 Å². The number of hydrogen-bond acceptors (Lipinski definition) is 5. The molecular weight excluding hydrogens is 332 g/mol. The van der Waals surface area contributed by atoms with Gasteiger partial charge in [-0.2, -0.15) is 0 Å². The fourth-order valence-electron chi connectivity index (χ4n) is 2.82. The Morgan fingerprint density at radius 2 is 1.19 bits per heavy atom. The second-order valence-electron chi connectivity index (χ2n) is 7.00. The van der Waals surface area contributed by atoms with Crippen molar-refractivity contribution in [3.8, 4) is 0 Å². The van der Waals surface area contributed by atoms with Crippen LogP contribution in [-0.4, -0.2) is 37.9 Å². The minimum Gasteiger partial charge on any atom is -0.462 e. The summed E-state index contributed by atoms with van der Waals surface area (Å²) in [7, 11) is 0. The van der Waals surface area contributed by atoms with Crippen LogP contribution < -0.4 is 0 Å². The van der Waals surface area contributed by atoms with Gasteiger partial charge in [-0.3, -0.25) is 9.59 Å². The average Bonchev–Trinajstić information content (AvgIpc) is 2.59. The van der Waals surface area contributed by atoms with Crippen LogP contribution in [0.1, 0.15) is 97.8 Å². The SMILES string of the molecule is CCCCCCCCCCCCCCOCC(COC(C)=O)OC(C)=O. The highest BCUT2D eigenvalue weighted by Crippen LogP contribution is 2.12. The molecule has 26 heavy (non-hydrogen) atoms. The number of carbonyl (C=O) groups excluding carboxylic acids is 2. The monoisotopic (exact) mass is 372 g/mol. The smallest absolute Gasteiger partial charge is 0.303 e. The summed E-state index contributed by atoms with van der Waals surface area (Å²) < 4.78 is 15.5. The Morgan fingerprint density at radius 1 is 0.692 bits per heavy atom. The van der Waals surface area contributed by atoms with Gasteiger partial charge in [0.15, 0.2) is 6.10 Å². The molecule has 0 saturated carbocycles. The van der Waals surface area contributed by atoms with Gasteiger partial charge >= 0.3 is 11.9 Å². The maximum Gasteiger partial charge on any atom is 0.303 e.